The van der Waals surface area contributed by atoms with Gasteiger partial charge in [0.25, 0.3) is 11.7 Å². The van der Waals surface area contributed by atoms with Crippen molar-refractivity contribution in [3.8, 4) is 11.5 Å². The third kappa shape index (κ3) is 4.88. The molecule has 1 amide bonds. The van der Waals surface area contributed by atoms with Gasteiger partial charge in [0.2, 0.25) is 0 Å². The fourth-order valence-electron chi connectivity index (χ4n) is 4.02. The second-order valence-electron chi connectivity index (χ2n) is 7.88. The number of nitrogens with zero attached hydrogens (tertiary/aromatic N) is 2. The Hall–Kier alpha value is -4.34. The Morgan fingerprint density at radius 3 is 2.50 bits per heavy atom. The molecule has 0 saturated carbocycles. The lowest BCUT2D eigenvalue weighted by atomic mass is 9.97. The Balaban J connectivity index is 1.87. The summed E-state index contributed by atoms with van der Waals surface area (Å²) in [5, 5.41) is 11.2. The highest BCUT2D eigenvalue weighted by Crippen LogP contribution is 2.42. The van der Waals surface area contributed by atoms with Crippen molar-refractivity contribution >= 4 is 23.1 Å². The monoisotopic (exact) mass is 498 g/mol. The van der Waals surface area contributed by atoms with Gasteiger partial charge in [-0.05, 0) is 61.9 Å². The third-order valence-corrected chi connectivity index (χ3v) is 5.49. The molecule has 7 nitrogen and oxygen atoms in total. The van der Waals surface area contributed by atoms with Gasteiger partial charge in [0.05, 0.1) is 17.9 Å². The Morgan fingerprint density at radius 1 is 1.08 bits per heavy atom. The molecule has 10 heteroatoms. The highest BCUT2D eigenvalue weighted by Gasteiger charge is 2.48. The predicted molar refractivity (Wildman–Crippen MR) is 124 cm³/mol. The normalized spacial score (nSPS) is 17.4. The summed E-state index contributed by atoms with van der Waals surface area (Å²) in [5.41, 5.74) is 0.925. The summed E-state index contributed by atoms with van der Waals surface area (Å²) in [7, 11) is 0. The second kappa shape index (κ2) is 9.73. The van der Waals surface area contributed by atoms with Crippen LogP contribution in [-0.4, -0.2) is 34.8 Å². The van der Waals surface area contributed by atoms with Crippen molar-refractivity contribution in [2.24, 2.45) is 0 Å². The molecule has 0 spiro atoms. The second-order valence-corrected chi connectivity index (χ2v) is 7.88. The molecule has 186 valence electrons. The highest BCUT2D eigenvalue weighted by atomic mass is 19.4. The smallest absolute Gasteiger partial charge is 0.507 e. The summed E-state index contributed by atoms with van der Waals surface area (Å²) in [6, 6.07) is 13.1. The molecule has 0 bridgehead atoms. The van der Waals surface area contributed by atoms with Gasteiger partial charge in [-0.1, -0.05) is 12.1 Å². The Labute approximate surface area is 204 Å². The lowest BCUT2D eigenvalue weighted by Crippen LogP contribution is -2.30. The topological polar surface area (TPSA) is 89.0 Å². The molecule has 1 fully saturated rings. The van der Waals surface area contributed by atoms with Crippen LogP contribution in [0.1, 0.15) is 29.8 Å². The SMILES string of the molecule is CCOc1ccc(/C(O)=C2\C(=O)C(=O)N(c3cccc(OC(F)(F)F)c3)C2c2ccccn2)cc1C. The molecule has 1 aromatic heterocycles. The molecule has 1 saturated heterocycles. The van der Waals surface area contributed by atoms with Crippen molar-refractivity contribution in [1.29, 1.82) is 0 Å². The Kier molecular flexibility index (Phi) is 6.69. The van der Waals surface area contributed by atoms with Crippen molar-refractivity contribution in [3.05, 3.63) is 89.3 Å². The summed E-state index contributed by atoms with van der Waals surface area (Å²) in [6.45, 7) is 4.03. The van der Waals surface area contributed by atoms with Gasteiger partial charge in [-0.15, -0.1) is 13.2 Å². The van der Waals surface area contributed by atoms with E-state index in [0.717, 1.165) is 17.0 Å². The van der Waals surface area contributed by atoms with E-state index in [2.05, 4.69) is 9.72 Å². The molecule has 2 heterocycles. The Morgan fingerprint density at radius 2 is 1.86 bits per heavy atom. The summed E-state index contributed by atoms with van der Waals surface area (Å²) < 4.78 is 47.8. The lowest BCUT2D eigenvalue weighted by Gasteiger charge is -2.25. The standard InChI is InChI=1S/C26H21F3N2O5/c1-3-35-20-11-10-16(13-15(20)2)23(32)21-22(19-9-4-5-12-30-19)31(25(34)24(21)33)17-7-6-8-18(14-17)36-26(27,28)29/h4-14,22,32H,3H2,1-2H3/b23-21+. The summed E-state index contributed by atoms with van der Waals surface area (Å²) >= 11 is 0. The fraction of sp³-hybridized carbons (Fsp3) is 0.192. The number of alkyl halides is 3. The van der Waals surface area contributed by atoms with Crippen molar-refractivity contribution in [2.75, 3.05) is 11.5 Å². The number of carbonyl (C=O) groups excluding carboxylic acids is 2. The zero-order chi connectivity index (χ0) is 26.0. The molecule has 0 radical (unpaired) electrons. The minimum absolute atomic E-state index is 0.0311. The Bertz CT molecular complexity index is 1340. The predicted octanol–water partition coefficient (Wildman–Crippen LogP) is 5.31. The molecule has 3 aromatic rings. The number of carbonyl (C=O) groups is 2. The van der Waals surface area contributed by atoms with Crippen molar-refractivity contribution in [2.45, 2.75) is 26.3 Å². The van der Waals surface area contributed by atoms with Gasteiger partial charge in [-0.25, -0.2) is 0 Å². The summed E-state index contributed by atoms with van der Waals surface area (Å²) in [5.74, 6) is -2.45. The number of ether oxygens (including phenoxy) is 2. The largest absolute Gasteiger partial charge is 0.573 e. The first kappa shape index (κ1) is 24.8. The fourth-order valence-corrected chi connectivity index (χ4v) is 4.02. The molecule has 1 atom stereocenters. The maximum Gasteiger partial charge on any atom is 0.573 e. The number of anilines is 1. The zero-order valence-corrected chi connectivity index (χ0v) is 19.2. The van der Waals surface area contributed by atoms with Gasteiger partial charge in [-0.2, -0.15) is 0 Å². The van der Waals surface area contributed by atoms with E-state index in [1.54, 1.807) is 43.3 Å². The van der Waals surface area contributed by atoms with Crippen LogP contribution < -0.4 is 14.4 Å². The molecular formula is C26H21F3N2O5. The number of hydrogen-bond donors (Lipinski definition) is 1. The molecule has 2 aromatic carbocycles. The maximum atomic E-state index is 13.2. The number of aliphatic hydroxyl groups excluding tert-OH is 1. The number of aryl methyl sites for hydroxylation is 1. The van der Waals surface area contributed by atoms with Crippen LogP contribution in [0, 0.1) is 6.92 Å². The molecule has 4 rings (SSSR count). The molecular weight excluding hydrogens is 477 g/mol. The molecule has 1 aliphatic heterocycles. The van der Waals surface area contributed by atoms with E-state index in [1.807, 2.05) is 6.92 Å². The summed E-state index contributed by atoms with van der Waals surface area (Å²) in [4.78, 5) is 31.6. The van der Waals surface area contributed by atoms with Crippen LogP contribution in [0.3, 0.4) is 0 Å². The van der Waals surface area contributed by atoms with E-state index in [1.165, 1.54) is 18.3 Å². The van der Waals surface area contributed by atoms with Crippen LogP contribution in [0.25, 0.3) is 5.76 Å². The first-order valence-corrected chi connectivity index (χ1v) is 10.9. The number of aliphatic hydroxyl groups is 1. The van der Waals surface area contributed by atoms with Crippen LogP contribution in [0.4, 0.5) is 18.9 Å². The van der Waals surface area contributed by atoms with Gasteiger partial charge in [0.1, 0.15) is 23.3 Å². The first-order valence-electron chi connectivity index (χ1n) is 10.9. The van der Waals surface area contributed by atoms with Gasteiger partial charge >= 0.3 is 6.36 Å². The number of amides is 1. The van der Waals surface area contributed by atoms with Crippen LogP contribution >= 0.6 is 0 Å². The maximum absolute atomic E-state index is 13.2. The third-order valence-electron chi connectivity index (χ3n) is 5.49. The van der Waals surface area contributed by atoms with Crippen LogP contribution in [0.2, 0.25) is 0 Å². The number of aromatic nitrogens is 1. The van der Waals surface area contributed by atoms with E-state index in [-0.39, 0.29) is 22.5 Å². The van der Waals surface area contributed by atoms with Crippen LogP contribution in [0.5, 0.6) is 11.5 Å². The average Bonchev–Trinajstić information content (AvgIpc) is 3.10. The van der Waals surface area contributed by atoms with E-state index in [9.17, 15) is 27.9 Å². The lowest BCUT2D eigenvalue weighted by molar-refractivity contribution is -0.274. The minimum Gasteiger partial charge on any atom is -0.507 e. The van der Waals surface area contributed by atoms with Crippen molar-refractivity contribution in [1.82, 2.24) is 4.98 Å². The number of pyridine rings is 1. The molecule has 1 aliphatic rings. The van der Waals surface area contributed by atoms with Gasteiger partial charge in [0, 0.05) is 23.5 Å². The number of ketones is 1. The number of halogens is 3. The van der Waals surface area contributed by atoms with Gasteiger partial charge in [0.15, 0.2) is 0 Å². The number of benzene rings is 2. The molecule has 1 unspecified atom stereocenters. The quantitative estimate of drug-likeness (QED) is 0.281. The first-order chi connectivity index (χ1) is 17.1. The number of rotatable bonds is 6. The molecule has 1 N–H and O–H groups in total. The van der Waals surface area contributed by atoms with Crippen molar-refractivity contribution < 1.29 is 37.3 Å². The highest BCUT2D eigenvalue weighted by molar-refractivity contribution is 6.51. The average molecular weight is 498 g/mol. The van der Waals surface area contributed by atoms with Crippen molar-refractivity contribution in [3.63, 3.8) is 0 Å². The van der Waals surface area contributed by atoms with Crippen LogP contribution in [0.15, 0.2) is 72.4 Å². The van der Waals surface area contributed by atoms with E-state index in [4.69, 9.17) is 4.74 Å². The van der Waals surface area contributed by atoms with Gasteiger partial charge < -0.3 is 14.6 Å². The minimum atomic E-state index is -4.95. The van der Waals surface area contributed by atoms with Gasteiger partial charge in [-0.3, -0.25) is 19.5 Å². The zero-order valence-electron chi connectivity index (χ0n) is 19.2. The van der Waals surface area contributed by atoms with E-state index >= 15 is 0 Å². The van der Waals surface area contributed by atoms with E-state index in [0.29, 0.717) is 17.9 Å². The number of Topliss-reactive ketones (excluding diaryl/α,β-unsaturated/α-hetero) is 1. The van der Waals surface area contributed by atoms with E-state index < -0.39 is 35.6 Å². The van der Waals surface area contributed by atoms with Crippen LogP contribution in [-0.2, 0) is 9.59 Å². The number of hydrogen-bond acceptors (Lipinski definition) is 6. The summed E-state index contributed by atoms with van der Waals surface area (Å²) in [6.07, 6.45) is -3.50. The molecule has 36 heavy (non-hydrogen) atoms. The molecule has 0 aliphatic carbocycles.